The van der Waals surface area contributed by atoms with Crippen LogP contribution in [-0.2, 0) is 0 Å². The number of hydrogen-bond acceptors (Lipinski definition) is 5. The number of ether oxygens (including phenoxy) is 1. The maximum atomic E-state index is 12.4. The Kier molecular flexibility index (Phi) is 2.97. The molecule has 0 spiro atoms. The quantitative estimate of drug-likeness (QED) is 0.750. The Balaban J connectivity index is 2.07. The molecular formula is C16H14O5. The normalized spacial score (nSPS) is 20.7. The standard InChI is InChI=1S/C16H14O5/c1-8-15(20)14-12(19)6-11(18)7-13(14)21-16(8)9-2-4-10(17)5-3-9/h2-8,16-19H,1H3. The van der Waals surface area contributed by atoms with Gasteiger partial charge in [-0.25, -0.2) is 0 Å². The highest BCUT2D eigenvalue weighted by Gasteiger charge is 2.37. The predicted molar refractivity (Wildman–Crippen MR) is 74.7 cm³/mol. The van der Waals surface area contributed by atoms with Gasteiger partial charge < -0.3 is 20.1 Å². The molecule has 1 heterocycles. The summed E-state index contributed by atoms with van der Waals surface area (Å²) in [5.41, 5.74) is 0.831. The largest absolute Gasteiger partial charge is 0.508 e. The smallest absolute Gasteiger partial charge is 0.177 e. The molecule has 0 radical (unpaired) electrons. The molecule has 2 atom stereocenters. The maximum Gasteiger partial charge on any atom is 0.177 e. The van der Waals surface area contributed by atoms with E-state index in [1.165, 1.54) is 18.2 Å². The molecule has 1 aliphatic heterocycles. The number of phenolic OH excluding ortho intramolecular Hbond substituents is 3. The second-order valence-electron chi connectivity index (χ2n) is 5.12. The number of Topliss-reactive ketones (excluding diaryl/α,β-unsaturated/α-hetero) is 1. The van der Waals surface area contributed by atoms with Crippen LogP contribution >= 0.6 is 0 Å². The van der Waals surface area contributed by atoms with Crippen LogP contribution in [0.3, 0.4) is 0 Å². The summed E-state index contributed by atoms with van der Waals surface area (Å²) in [6.45, 7) is 1.72. The van der Waals surface area contributed by atoms with Crippen LogP contribution in [0.25, 0.3) is 0 Å². The minimum Gasteiger partial charge on any atom is -0.508 e. The van der Waals surface area contributed by atoms with E-state index in [0.29, 0.717) is 0 Å². The van der Waals surface area contributed by atoms with Crippen LogP contribution in [-0.4, -0.2) is 21.1 Å². The lowest BCUT2D eigenvalue weighted by Gasteiger charge is -2.31. The van der Waals surface area contributed by atoms with E-state index in [2.05, 4.69) is 0 Å². The number of fused-ring (bicyclic) bond motifs is 1. The lowest BCUT2D eigenvalue weighted by atomic mass is 9.86. The zero-order chi connectivity index (χ0) is 15.1. The molecule has 0 saturated carbocycles. The minimum absolute atomic E-state index is 0.0929. The minimum atomic E-state index is -0.535. The van der Waals surface area contributed by atoms with Gasteiger partial charge in [0.1, 0.15) is 34.7 Å². The Bertz CT molecular complexity index is 705. The summed E-state index contributed by atoms with van der Waals surface area (Å²) in [4.78, 5) is 12.4. The van der Waals surface area contributed by atoms with Gasteiger partial charge in [0.05, 0.1) is 5.92 Å². The van der Waals surface area contributed by atoms with Gasteiger partial charge in [0.25, 0.3) is 0 Å². The van der Waals surface area contributed by atoms with E-state index < -0.39 is 12.0 Å². The number of benzene rings is 2. The SMILES string of the molecule is CC1C(=O)c2c(O)cc(O)cc2OC1c1ccc(O)cc1. The average Bonchev–Trinajstić information content (AvgIpc) is 2.43. The van der Waals surface area contributed by atoms with Gasteiger partial charge in [-0.2, -0.15) is 0 Å². The van der Waals surface area contributed by atoms with Gasteiger partial charge in [0.2, 0.25) is 0 Å². The van der Waals surface area contributed by atoms with E-state index in [1.807, 2.05) is 0 Å². The van der Waals surface area contributed by atoms with Gasteiger partial charge in [-0.1, -0.05) is 19.1 Å². The summed E-state index contributed by atoms with van der Waals surface area (Å²) in [5.74, 6) is -0.897. The summed E-state index contributed by atoms with van der Waals surface area (Å²) in [6.07, 6.45) is -0.535. The number of phenols is 3. The van der Waals surface area contributed by atoms with Crippen molar-refractivity contribution in [2.75, 3.05) is 0 Å². The molecule has 108 valence electrons. The van der Waals surface area contributed by atoms with Crippen LogP contribution in [0.4, 0.5) is 0 Å². The summed E-state index contributed by atoms with van der Waals surface area (Å²) < 4.78 is 5.78. The molecule has 0 fully saturated rings. The lowest BCUT2D eigenvalue weighted by Crippen LogP contribution is -2.29. The molecule has 3 rings (SSSR count). The van der Waals surface area contributed by atoms with Crippen LogP contribution in [0.2, 0.25) is 0 Å². The highest BCUT2D eigenvalue weighted by atomic mass is 16.5. The molecule has 0 amide bonds. The van der Waals surface area contributed by atoms with E-state index in [-0.39, 0.29) is 34.3 Å². The van der Waals surface area contributed by atoms with Crippen molar-refractivity contribution < 1.29 is 24.9 Å². The first-order valence-corrected chi connectivity index (χ1v) is 6.53. The van der Waals surface area contributed by atoms with Gasteiger partial charge in [0.15, 0.2) is 5.78 Å². The van der Waals surface area contributed by atoms with E-state index in [4.69, 9.17) is 4.74 Å². The Labute approximate surface area is 121 Å². The Morgan fingerprint density at radius 1 is 1.00 bits per heavy atom. The molecule has 2 aromatic rings. The molecule has 0 aliphatic carbocycles. The molecule has 2 unspecified atom stereocenters. The van der Waals surface area contributed by atoms with Crippen LogP contribution in [0, 0.1) is 5.92 Å². The molecule has 1 aliphatic rings. The second-order valence-corrected chi connectivity index (χ2v) is 5.12. The highest BCUT2D eigenvalue weighted by molar-refractivity contribution is 6.04. The summed E-state index contributed by atoms with van der Waals surface area (Å²) >= 11 is 0. The van der Waals surface area contributed by atoms with Crippen LogP contribution in [0.1, 0.15) is 28.9 Å². The zero-order valence-corrected chi connectivity index (χ0v) is 11.3. The fraction of sp³-hybridized carbons (Fsp3) is 0.188. The monoisotopic (exact) mass is 286 g/mol. The third-order valence-corrected chi connectivity index (χ3v) is 3.66. The van der Waals surface area contributed by atoms with E-state index in [9.17, 15) is 20.1 Å². The fourth-order valence-electron chi connectivity index (χ4n) is 2.55. The molecular weight excluding hydrogens is 272 g/mol. The summed E-state index contributed by atoms with van der Waals surface area (Å²) in [6, 6.07) is 8.82. The number of aromatic hydroxyl groups is 3. The van der Waals surface area contributed by atoms with Gasteiger partial charge in [-0.15, -0.1) is 0 Å². The van der Waals surface area contributed by atoms with Crippen molar-refractivity contribution in [3.63, 3.8) is 0 Å². The molecule has 21 heavy (non-hydrogen) atoms. The topological polar surface area (TPSA) is 87.0 Å². The third kappa shape index (κ3) is 2.16. The Morgan fingerprint density at radius 3 is 2.33 bits per heavy atom. The second kappa shape index (κ2) is 4.70. The van der Waals surface area contributed by atoms with Gasteiger partial charge in [0, 0.05) is 12.1 Å². The number of hydrogen-bond donors (Lipinski definition) is 3. The number of carbonyl (C=O) groups is 1. The first kappa shape index (κ1) is 13.3. The number of carbonyl (C=O) groups excluding carboxylic acids is 1. The summed E-state index contributed by atoms with van der Waals surface area (Å²) in [7, 11) is 0. The molecule has 5 heteroatoms. The Hall–Kier alpha value is -2.69. The van der Waals surface area contributed by atoms with E-state index in [1.54, 1.807) is 19.1 Å². The first-order chi connectivity index (χ1) is 9.97. The van der Waals surface area contributed by atoms with Crippen molar-refractivity contribution in [1.82, 2.24) is 0 Å². The van der Waals surface area contributed by atoms with Crippen molar-refractivity contribution in [2.45, 2.75) is 13.0 Å². The Morgan fingerprint density at radius 2 is 1.67 bits per heavy atom. The number of rotatable bonds is 1. The van der Waals surface area contributed by atoms with Gasteiger partial charge in [-0.05, 0) is 17.7 Å². The zero-order valence-electron chi connectivity index (χ0n) is 11.3. The molecule has 5 nitrogen and oxygen atoms in total. The van der Waals surface area contributed by atoms with Crippen molar-refractivity contribution in [3.05, 3.63) is 47.5 Å². The van der Waals surface area contributed by atoms with Crippen LogP contribution in [0.5, 0.6) is 23.0 Å². The molecule has 2 aromatic carbocycles. The fourth-order valence-corrected chi connectivity index (χ4v) is 2.55. The first-order valence-electron chi connectivity index (χ1n) is 6.53. The van der Waals surface area contributed by atoms with Crippen molar-refractivity contribution in [3.8, 4) is 23.0 Å². The molecule has 3 N–H and O–H groups in total. The number of ketones is 1. The van der Waals surface area contributed by atoms with Crippen LogP contribution in [0.15, 0.2) is 36.4 Å². The van der Waals surface area contributed by atoms with Crippen molar-refractivity contribution in [1.29, 1.82) is 0 Å². The van der Waals surface area contributed by atoms with Crippen molar-refractivity contribution >= 4 is 5.78 Å². The van der Waals surface area contributed by atoms with Crippen molar-refractivity contribution in [2.24, 2.45) is 5.92 Å². The molecule has 0 bridgehead atoms. The van der Waals surface area contributed by atoms with E-state index in [0.717, 1.165) is 11.6 Å². The lowest BCUT2D eigenvalue weighted by molar-refractivity contribution is 0.0684. The van der Waals surface area contributed by atoms with E-state index >= 15 is 0 Å². The third-order valence-electron chi connectivity index (χ3n) is 3.66. The summed E-state index contributed by atoms with van der Waals surface area (Å²) in [5, 5.41) is 28.7. The average molecular weight is 286 g/mol. The maximum absolute atomic E-state index is 12.4. The van der Waals surface area contributed by atoms with Gasteiger partial charge in [-0.3, -0.25) is 4.79 Å². The predicted octanol–water partition coefficient (Wildman–Crippen LogP) is 2.76. The highest BCUT2D eigenvalue weighted by Crippen LogP contribution is 2.44. The molecule has 0 saturated heterocycles. The van der Waals surface area contributed by atoms with Gasteiger partial charge >= 0.3 is 0 Å². The molecule has 0 aromatic heterocycles. The van der Waals surface area contributed by atoms with Crippen LogP contribution < -0.4 is 4.74 Å².